The highest BCUT2D eigenvalue weighted by molar-refractivity contribution is 6.32. The van der Waals surface area contributed by atoms with Crippen molar-refractivity contribution in [3.63, 3.8) is 0 Å². The maximum absolute atomic E-state index is 11.9. The first-order valence-corrected chi connectivity index (χ1v) is 8.29. The monoisotopic (exact) mass is 346 g/mol. The Hall–Kier alpha value is -2.34. The lowest BCUT2D eigenvalue weighted by Gasteiger charge is -2.09. The summed E-state index contributed by atoms with van der Waals surface area (Å²) < 4.78 is 1.66. The van der Waals surface area contributed by atoms with Gasteiger partial charge in [-0.1, -0.05) is 18.5 Å². The lowest BCUT2D eigenvalue weighted by Crippen LogP contribution is -2.29. The van der Waals surface area contributed by atoms with Crippen LogP contribution in [0.15, 0.2) is 36.7 Å². The summed E-state index contributed by atoms with van der Waals surface area (Å²) in [7, 11) is 0. The van der Waals surface area contributed by atoms with Gasteiger partial charge in [-0.25, -0.2) is 4.68 Å². The smallest absolute Gasteiger partial charge is 0.226 e. The van der Waals surface area contributed by atoms with Gasteiger partial charge in [0.2, 0.25) is 11.8 Å². The largest absolute Gasteiger partial charge is 0.355 e. The maximum atomic E-state index is 11.9. The molecule has 0 bridgehead atoms. The van der Waals surface area contributed by atoms with Crippen LogP contribution in [0.5, 0.6) is 0 Å². The van der Waals surface area contributed by atoms with Gasteiger partial charge in [0.25, 0.3) is 0 Å². The van der Waals surface area contributed by atoms with E-state index in [2.05, 4.69) is 15.7 Å². The molecule has 2 aromatic rings. The van der Waals surface area contributed by atoms with E-state index in [1.165, 1.54) is 0 Å². The SMILES string of the molecule is C[C@H]1C[C@@H]1C(=O)NCCC(=O)Nc1ccc(-n2cccn2)c(Cl)c1. The number of nitrogens with zero attached hydrogens (tertiary/aromatic N) is 2. The van der Waals surface area contributed by atoms with Crippen LogP contribution in [0.2, 0.25) is 5.02 Å². The Kier molecular flexibility index (Phi) is 4.85. The van der Waals surface area contributed by atoms with Crippen molar-refractivity contribution in [2.24, 2.45) is 11.8 Å². The zero-order valence-corrected chi connectivity index (χ0v) is 14.1. The van der Waals surface area contributed by atoms with Gasteiger partial charge >= 0.3 is 0 Å². The second-order valence-electron chi connectivity index (χ2n) is 6.03. The molecule has 24 heavy (non-hydrogen) atoms. The number of halogens is 1. The molecule has 1 aromatic carbocycles. The number of carbonyl (C=O) groups excluding carboxylic acids is 2. The molecule has 0 unspecified atom stereocenters. The number of amides is 2. The van der Waals surface area contributed by atoms with Crippen LogP contribution in [0.3, 0.4) is 0 Å². The molecule has 0 spiro atoms. The highest BCUT2D eigenvalue weighted by Gasteiger charge is 2.38. The van der Waals surface area contributed by atoms with Crippen molar-refractivity contribution in [2.45, 2.75) is 19.8 Å². The summed E-state index contributed by atoms with van der Waals surface area (Å²) in [5.74, 6) is 0.472. The van der Waals surface area contributed by atoms with Crippen molar-refractivity contribution in [1.82, 2.24) is 15.1 Å². The third kappa shape index (κ3) is 3.94. The van der Waals surface area contributed by atoms with Crippen LogP contribution in [-0.2, 0) is 9.59 Å². The van der Waals surface area contributed by atoms with Gasteiger partial charge in [0.1, 0.15) is 0 Å². The Morgan fingerprint density at radius 2 is 2.21 bits per heavy atom. The van der Waals surface area contributed by atoms with E-state index in [0.29, 0.717) is 23.2 Å². The average molecular weight is 347 g/mol. The zero-order valence-electron chi connectivity index (χ0n) is 13.3. The minimum atomic E-state index is -0.165. The summed E-state index contributed by atoms with van der Waals surface area (Å²) in [6, 6.07) is 7.05. The van der Waals surface area contributed by atoms with Gasteiger partial charge in [-0.2, -0.15) is 5.10 Å². The number of rotatable bonds is 6. The lowest BCUT2D eigenvalue weighted by molar-refractivity contribution is -0.122. The van der Waals surface area contributed by atoms with Crippen molar-refractivity contribution >= 4 is 29.1 Å². The van der Waals surface area contributed by atoms with Crippen LogP contribution in [0, 0.1) is 11.8 Å². The molecule has 6 nitrogen and oxygen atoms in total. The molecule has 126 valence electrons. The fraction of sp³-hybridized carbons (Fsp3) is 0.353. The summed E-state index contributed by atoms with van der Waals surface area (Å²) in [6.45, 7) is 2.39. The molecule has 1 saturated carbocycles. The second-order valence-corrected chi connectivity index (χ2v) is 6.43. The molecule has 3 rings (SSSR count). The van der Waals surface area contributed by atoms with E-state index >= 15 is 0 Å². The molecule has 7 heteroatoms. The standard InChI is InChI=1S/C17H19ClN4O2/c1-11-9-13(11)17(24)19-7-5-16(23)21-12-3-4-15(14(18)10-12)22-8-2-6-20-22/h2-4,6,8,10-11,13H,5,7,9H2,1H3,(H,19,24)(H,21,23)/t11-,13-/m0/s1. The normalized spacial score (nSPS) is 18.9. The third-order valence-electron chi connectivity index (χ3n) is 4.08. The Balaban J connectivity index is 1.49. The molecular weight excluding hydrogens is 328 g/mol. The molecule has 1 aliphatic carbocycles. The fourth-order valence-corrected chi connectivity index (χ4v) is 2.79. The van der Waals surface area contributed by atoms with Crippen molar-refractivity contribution in [3.8, 4) is 5.69 Å². The maximum Gasteiger partial charge on any atom is 0.226 e. The highest BCUT2D eigenvalue weighted by atomic mass is 35.5. The summed E-state index contributed by atoms with van der Waals surface area (Å²) in [5.41, 5.74) is 1.36. The van der Waals surface area contributed by atoms with Crippen molar-refractivity contribution in [3.05, 3.63) is 41.7 Å². The predicted molar refractivity (Wildman–Crippen MR) is 92.1 cm³/mol. The first kappa shape index (κ1) is 16.5. The minimum Gasteiger partial charge on any atom is -0.355 e. The summed E-state index contributed by atoms with van der Waals surface area (Å²) >= 11 is 6.24. The van der Waals surface area contributed by atoms with Crippen LogP contribution in [0.4, 0.5) is 5.69 Å². The van der Waals surface area contributed by atoms with Gasteiger partial charge in [-0.05, 0) is 36.6 Å². The molecule has 0 radical (unpaired) electrons. The first-order valence-electron chi connectivity index (χ1n) is 7.91. The predicted octanol–water partition coefficient (Wildman–Crippen LogP) is 2.63. The number of carbonyl (C=O) groups is 2. The van der Waals surface area contributed by atoms with Crippen LogP contribution >= 0.6 is 11.6 Å². The Bertz CT molecular complexity index is 745. The second kappa shape index (κ2) is 7.05. The quantitative estimate of drug-likeness (QED) is 0.844. The number of nitrogens with one attached hydrogen (secondary N) is 2. The summed E-state index contributed by atoms with van der Waals surface area (Å²) in [6.07, 6.45) is 4.63. The molecule has 1 fully saturated rings. The van der Waals surface area contributed by atoms with Crippen LogP contribution in [-0.4, -0.2) is 28.1 Å². The van der Waals surface area contributed by atoms with Crippen LogP contribution in [0.25, 0.3) is 5.69 Å². The van der Waals surface area contributed by atoms with E-state index < -0.39 is 0 Å². The van der Waals surface area contributed by atoms with Crippen molar-refractivity contribution < 1.29 is 9.59 Å². The zero-order chi connectivity index (χ0) is 17.1. The lowest BCUT2D eigenvalue weighted by atomic mass is 10.2. The van der Waals surface area contributed by atoms with Gasteiger partial charge in [0, 0.05) is 37.0 Å². The molecule has 2 N–H and O–H groups in total. The van der Waals surface area contributed by atoms with E-state index in [-0.39, 0.29) is 24.2 Å². The van der Waals surface area contributed by atoms with E-state index in [1.807, 2.05) is 13.0 Å². The molecule has 0 saturated heterocycles. The molecule has 1 heterocycles. The number of aromatic nitrogens is 2. The Morgan fingerprint density at radius 1 is 1.42 bits per heavy atom. The van der Waals surface area contributed by atoms with E-state index in [9.17, 15) is 9.59 Å². The van der Waals surface area contributed by atoms with E-state index in [4.69, 9.17) is 11.6 Å². The number of hydrogen-bond acceptors (Lipinski definition) is 3. The molecule has 2 atom stereocenters. The number of benzene rings is 1. The van der Waals surface area contributed by atoms with Gasteiger partial charge in [0.15, 0.2) is 0 Å². The highest BCUT2D eigenvalue weighted by Crippen LogP contribution is 2.37. The summed E-state index contributed by atoms with van der Waals surface area (Å²) in [5, 5.41) is 10.2. The minimum absolute atomic E-state index is 0.0434. The third-order valence-corrected chi connectivity index (χ3v) is 4.38. The van der Waals surface area contributed by atoms with Crippen molar-refractivity contribution in [1.29, 1.82) is 0 Å². The van der Waals surface area contributed by atoms with Gasteiger partial charge < -0.3 is 10.6 Å². The topological polar surface area (TPSA) is 76.0 Å². The van der Waals surface area contributed by atoms with Gasteiger partial charge in [0.05, 0.1) is 10.7 Å². The fourth-order valence-electron chi connectivity index (χ4n) is 2.52. The molecular formula is C17H19ClN4O2. The summed E-state index contributed by atoms with van der Waals surface area (Å²) in [4.78, 5) is 23.6. The van der Waals surface area contributed by atoms with E-state index in [1.54, 1.807) is 35.3 Å². The first-order chi connectivity index (χ1) is 11.5. The van der Waals surface area contributed by atoms with Gasteiger partial charge in [-0.15, -0.1) is 0 Å². The number of hydrogen-bond donors (Lipinski definition) is 2. The molecule has 1 aliphatic rings. The van der Waals surface area contributed by atoms with Gasteiger partial charge in [-0.3, -0.25) is 9.59 Å². The van der Waals surface area contributed by atoms with Crippen LogP contribution in [0.1, 0.15) is 19.8 Å². The number of anilines is 1. The molecule has 2 amide bonds. The Morgan fingerprint density at radius 3 is 2.83 bits per heavy atom. The van der Waals surface area contributed by atoms with E-state index in [0.717, 1.165) is 12.1 Å². The molecule has 1 aromatic heterocycles. The Labute approximate surface area is 145 Å². The average Bonchev–Trinajstić information content (AvgIpc) is 3.05. The molecule has 0 aliphatic heterocycles. The van der Waals surface area contributed by atoms with Crippen molar-refractivity contribution in [2.75, 3.05) is 11.9 Å². The van der Waals surface area contributed by atoms with Crippen LogP contribution < -0.4 is 10.6 Å².